The smallest absolute Gasteiger partial charge is 0.255 e. The third-order valence-electron chi connectivity index (χ3n) is 5.10. The number of aromatic nitrogens is 2. The van der Waals surface area contributed by atoms with E-state index in [0.717, 1.165) is 22.0 Å². The van der Waals surface area contributed by atoms with Crippen molar-refractivity contribution in [1.82, 2.24) is 9.78 Å². The van der Waals surface area contributed by atoms with Gasteiger partial charge in [-0.2, -0.15) is 5.10 Å². The lowest BCUT2D eigenvalue weighted by molar-refractivity contribution is -0.114. The highest BCUT2D eigenvalue weighted by Crippen LogP contribution is 2.34. The monoisotopic (exact) mass is 466 g/mol. The summed E-state index contributed by atoms with van der Waals surface area (Å²) in [5.74, 6) is -0.450. The summed E-state index contributed by atoms with van der Waals surface area (Å²) in [5.41, 5.74) is 4.87. The summed E-state index contributed by atoms with van der Waals surface area (Å²) < 4.78 is 1.75. The molecule has 0 aliphatic heterocycles. The molecule has 0 spiro atoms. The van der Waals surface area contributed by atoms with Crippen LogP contribution >= 0.6 is 23.2 Å². The Balaban J connectivity index is 1.70. The molecule has 4 rings (SSSR count). The number of nitrogens with zero attached hydrogens (tertiary/aromatic N) is 2. The molecule has 0 bridgehead atoms. The van der Waals surface area contributed by atoms with Gasteiger partial charge in [-0.05, 0) is 61.0 Å². The maximum Gasteiger partial charge on any atom is 0.255 e. The number of halogens is 2. The van der Waals surface area contributed by atoms with Gasteiger partial charge in [0.1, 0.15) is 5.69 Å². The van der Waals surface area contributed by atoms with Gasteiger partial charge in [-0.1, -0.05) is 29.3 Å². The van der Waals surface area contributed by atoms with Gasteiger partial charge >= 0.3 is 0 Å². The molecule has 0 aliphatic rings. The number of benzene rings is 3. The fourth-order valence-electron chi connectivity index (χ4n) is 3.51. The van der Waals surface area contributed by atoms with Crippen molar-refractivity contribution in [2.45, 2.75) is 13.8 Å². The predicted molar refractivity (Wildman–Crippen MR) is 130 cm³/mol. The van der Waals surface area contributed by atoms with Crippen molar-refractivity contribution < 1.29 is 9.59 Å². The van der Waals surface area contributed by atoms with Gasteiger partial charge in [0.05, 0.1) is 10.5 Å². The molecule has 32 heavy (non-hydrogen) atoms. The number of fused-ring (bicyclic) bond motifs is 1. The van der Waals surface area contributed by atoms with E-state index < -0.39 is 0 Å². The highest BCUT2D eigenvalue weighted by molar-refractivity contribution is 6.36. The molecule has 8 heteroatoms. The van der Waals surface area contributed by atoms with E-state index in [1.165, 1.54) is 6.92 Å². The Bertz CT molecular complexity index is 1380. The van der Waals surface area contributed by atoms with Crippen LogP contribution in [0, 0.1) is 6.92 Å². The number of aryl methyl sites for hydroxylation is 2. The first-order valence-corrected chi connectivity index (χ1v) is 10.6. The first-order chi connectivity index (χ1) is 15.2. The Labute approximate surface area is 195 Å². The number of hydrogen-bond donors (Lipinski definition) is 2. The molecule has 0 saturated heterocycles. The standard InChI is InChI=1S/C24H20Cl2N4O2/c1-13-4-7-17(12-21(13)27-14(2)31)28-24(32)15-5-9-22-19(10-15)23(29-30(22)3)18-8-6-16(25)11-20(18)26/h4-12H,1-3H3,(H,27,31)(H,28,32). The summed E-state index contributed by atoms with van der Waals surface area (Å²) in [4.78, 5) is 24.4. The number of carbonyl (C=O) groups excluding carboxylic acids is 2. The molecule has 6 nitrogen and oxygen atoms in total. The number of nitrogens with one attached hydrogen (secondary N) is 2. The topological polar surface area (TPSA) is 76.0 Å². The molecular formula is C24H20Cl2N4O2. The number of anilines is 2. The van der Waals surface area contributed by atoms with Gasteiger partial charge in [0.2, 0.25) is 5.91 Å². The molecule has 1 heterocycles. The van der Waals surface area contributed by atoms with E-state index in [4.69, 9.17) is 23.2 Å². The summed E-state index contributed by atoms with van der Waals surface area (Å²) >= 11 is 12.4. The van der Waals surface area contributed by atoms with E-state index >= 15 is 0 Å². The molecular weight excluding hydrogens is 447 g/mol. The van der Waals surface area contributed by atoms with Crippen molar-refractivity contribution in [3.05, 3.63) is 75.8 Å². The van der Waals surface area contributed by atoms with Crippen LogP contribution in [0.25, 0.3) is 22.2 Å². The van der Waals surface area contributed by atoms with Gasteiger partial charge in [0.25, 0.3) is 5.91 Å². The van der Waals surface area contributed by atoms with Crippen molar-refractivity contribution >= 4 is 57.3 Å². The Hall–Kier alpha value is -3.35. The molecule has 2 amide bonds. The molecule has 0 aliphatic carbocycles. The van der Waals surface area contributed by atoms with Crippen LogP contribution in [0.15, 0.2) is 54.6 Å². The lowest BCUT2D eigenvalue weighted by Gasteiger charge is -2.11. The van der Waals surface area contributed by atoms with E-state index in [9.17, 15) is 9.59 Å². The summed E-state index contributed by atoms with van der Waals surface area (Å²) in [5, 5.41) is 12.1. The molecule has 2 N–H and O–H groups in total. The summed E-state index contributed by atoms with van der Waals surface area (Å²) in [6.45, 7) is 3.33. The summed E-state index contributed by atoms with van der Waals surface area (Å²) in [7, 11) is 1.84. The molecule has 3 aromatic carbocycles. The number of rotatable bonds is 4. The zero-order chi connectivity index (χ0) is 23.0. The van der Waals surface area contributed by atoms with Gasteiger partial charge in [-0.25, -0.2) is 0 Å². The second-order valence-electron chi connectivity index (χ2n) is 7.49. The van der Waals surface area contributed by atoms with Crippen LogP contribution in [-0.4, -0.2) is 21.6 Å². The van der Waals surface area contributed by atoms with E-state index in [0.29, 0.717) is 32.7 Å². The van der Waals surface area contributed by atoms with Crippen LogP contribution in [0.1, 0.15) is 22.8 Å². The van der Waals surface area contributed by atoms with Gasteiger partial charge in [-0.15, -0.1) is 0 Å². The Morgan fingerprint density at radius 1 is 0.969 bits per heavy atom. The van der Waals surface area contributed by atoms with E-state index in [-0.39, 0.29) is 11.8 Å². The van der Waals surface area contributed by atoms with Crippen molar-refractivity contribution in [2.24, 2.45) is 7.05 Å². The van der Waals surface area contributed by atoms with Crippen LogP contribution < -0.4 is 10.6 Å². The van der Waals surface area contributed by atoms with Gasteiger partial charge < -0.3 is 10.6 Å². The van der Waals surface area contributed by atoms with Gasteiger partial charge in [-0.3, -0.25) is 14.3 Å². The zero-order valence-corrected chi connectivity index (χ0v) is 19.2. The third-order valence-corrected chi connectivity index (χ3v) is 5.65. The van der Waals surface area contributed by atoms with Crippen molar-refractivity contribution in [3.8, 4) is 11.3 Å². The maximum atomic E-state index is 13.0. The minimum Gasteiger partial charge on any atom is -0.326 e. The van der Waals surface area contributed by atoms with Crippen LogP contribution in [0.3, 0.4) is 0 Å². The molecule has 162 valence electrons. The fourth-order valence-corrected chi connectivity index (χ4v) is 4.01. The van der Waals surface area contributed by atoms with Crippen LogP contribution in [0.4, 0.5) is 11.4 Å². The van der Waals surface area contributed by atoms with Crippen LogP contribution in [-0.2, 0) is 11.8 Å². The van der Waals surface area contributed by atoms with Crippen LogP contribution in [0.2, 0.25) is 10.0 Å². The average molecular weight is 467 g/mol. The van der Waals surface area contributed by atoms with Gasteiger partial charge in [0, 0.05) is 46.9 Å². The number of carbonyl (C=O) groups is 2. The van der Waals surface area contributed by atoms with Gasteiger partial charge in [0.15, 0.2) is 0 Å². The lowest BCUT2D eigenvalue weighted by atomic mass is 10.0. The number of hydrogen-bond acceptors (Lipinski definition) is 3. The summed E-state index contributed by atoms with van der Waals surface area (Å²) in [6, 6.07) is 16.0. The minimum atomic E-state index is -0.276. The lowest BCUT2D eigenvalue weighted by Crippen LogP contribution is -2.13. The highest BCUT2D eigenvalue weighted by Gasteiger charge is 2.16. The third kappa shape index (κ3) is 4.33. The van der Waals surface area contributed by atoms with Crippen LogP contribution in [0.5, 0.6) is 0 Å². The predicted octanol–water partition coefficient (Wildman–Crippen LogP) is 6.07. The van der Waals surface area contributed by atoms with E-state index in [1.54, 1.807) is 41.1 Å². The van der Waals surface area contributed by atoms with E-state index in [1.807, 2.05) is 32.2 Å². The SMILES string of the molecule is CC(=O)Nc1cc(NC(=O)c2ccc3c(c2)c(-c2ccc(Cl)cc2Cl)nn3C)ccc1C. The zero-order valence-electron chi connectivity index (χ0n) is 17.7. The molecule has 0 unspecified atom stereocenters. The Morgan fingerprint density at radius 3 is 2.47 bits per heavy atom. The molecule has 0 atom stereocenters. The molecule has 0 radical (unpaired) electrons. The molecule has 1 aromatic heterocycles. The normalized spacial score (nSPS) is 10.9. The number of amides is 2. The van der Waals surface area contributed by atoms with Crippen molar-refractivity contribution in [3.63, 3.8) is 0 Å². The molecule has 4 aromatic rings. The van der Waals surface area contributed by atoms with Crippen molar-refractivity contribution in [2.75, 3.05) is 10.6 Å². The Kier molecular flexibility index (Phi) is 5.91. The minimum absolute atomic E-state index is 0.174. The molecule has 0 fully saturated rings. The highest BCUT2D eigenvalue weighted by atomic mass is 35.5. The van der Waals surface area contributed by atoms with Crippen molar-refractivity contribution in [1.29, 1.82) is 0 Å². The maximum absolute atomic E-state index is 13.0. The second kappa shape index (κ2) is 8.65. The first-order valence-electron chi connectivity index (χ1n) is 9.84. The Morgan fingerprint density at radius 2 is 1.75 bits per heavy atom. The fraction of sp³-hybridized carbons (Fsp3) is 0.125. The largest absolute Gasteiger partial charge is 0.326 e. The quantitative estimate of drug-likeness (QED) is 0.383. The summed E-state index contributed by atoms with van der Waals surface area (Å²) in [6.07, 6.45) is 0. The average Bonchev–Trinajstić information content (AvgIpc) is 3.06. The first kappa shape index (κ1) is 21.9. The second-order valence-corrected chi connectivity index (χ2v) is 8.34. The molecule has 0 saturated carbocycles. The van der Waals surface area contributed by atoms with E-state index in [2.05, 4.69) is 15.7 Å².